The number of para-hydroxylation sites is 1. The van der Waals surface area contributed by atoms with E-state index >= 15 is 0 Å². The third-order valence-electron chi connectivity index (χ3n) is 4.01. The van der Waals surface area contributed by atoms with Crippen LogP contribution in [-0.2, 0) is 4.74 Å². The maximum Gasteiger partial charge on any atom is 0.340 e. The Hall–Kier alpha value is -1.71. The van der Waals surface area contributed by atoms with Gasteiger partial charge in [0.05, 0.1) is 23.5 Å². The molecule has 3 N–H and O–H groups in total. The molecule has 1 aromatic carbocycles. The van der Waals surface area contributed by atoms with Crippen molar-refractivity contribution in [2.45, 2.75) is 52.5 Å². The molecule has 1 rings (SSSR count). The van der Waals surface area contributed by atoms with Gasteiger partial charge >= 0.3 is 5.97 Å². The molecule has 0 aliphatic heterocycles. The zero-order valence-corrected chi connectivity index (χ0v) is 13.0. The van der Waals surface area contributed by atoms with E-state index in [4.69, 9.17) is 10.5 Å². The summed E-state index contributed by atoms with van der Waals surface area (Å²) in [4.78, 5) is 12.1. The van der Waals surface area contributed by atoms with Crippen LogP contribution in [0.2, 0.25) is 0 Å². The number of anilines is 2. The van der Waals surface area contributed by atoms with Gasteiger partial charge in [-0.25, -0.2) is 4.79 Å². The second-order valence-corrected chi connectivity index (χ2v) is 4.96. The minimum absolute atomic E-state index is 0.0449. The lowest BCUT2D eigenvalue weighted by Crippen LogP contribution is -2.37. The molecule has 0 aromatic heterocycles. The van der Waals surface area contributed by atoms with Gasteiger partial charge in [-0.3, -0.25) is 0 Å². The lowest BCUT2D eigenvalue weighted by Gasteiger charge is -2.34. The number of carbonyl (C=O) groups is 1. The fourth-order valence-corrected chi connectivity index (χ4v) is 2.37. The second-order valence-electron chi connectivity index (χ2n) is 4.96. The molecule has 0 aliphatic rings. The van der Waals surface area contributed by atoms with E-state index in [0.717, 1.165) is 19.3 Å². The van der Waals surface area contributed by atoms with E-state index in [1.54, 1.807) is 25.1 Å². The Morgan fingerprint density at radius 3 is 2.30 bits per heavy atom. The van der Waals surface area contributed by atoms with Crippen molar-refractivity contribution in [3.05, 3.63) is 23.8 Å². The van der Waals surface area contributed by atoms with Gasteiger partial charge in [0.2, 0.25) is 0 Å². The molecule has 0 amide bonds. The van der Waals surface area contributed by atoms with Crippen molar-refractivity contribution in [2.75, 3.05) is 17.7 Å². The SMILES string of the molecule is CCOC(=O)c1cccc(N)c1NC(CC)(CC)CC. The Morgan fingerprint density at radius 2 is 1.80 bits per heavy atom. The lowest BCUT2D eigenvalue weighted by atomic mass is 9.89. The van der Waals surface area contributed by atoms with E-state index in [1.165, 1.54) is 0 Å². The van der Waals surface area contributed by atoms with Crippen molar-refractivity contribution in [1.82, 2.24) is 0 Å². The van der Waals surface area contributed by atoms with E-state index < -0.39 is 0 Å². The fourth-order valence-electron chi connectivity index (χ4n) is 2.37. The van der Waals surface area contributed by atoms with Crippen molar-refractivity contribution < 1.29 is 9.53 Å². The molecule has 0 bridgehead atoms. The number of hydrogen-bond donors (Lipinski definition) is 2. The van der Waals surface area contributed by atoms with Gasteiger partial charge in [0.25, 0.3) is 0 Å². The number of esters is 1. The Bertz CT molecular complexity index is 446. The normalized spacial score (nSPS) is 11.2. The van der Waals surface area contributed by atoms with E-state index in [1.807, 2.05) is 0 Å². The van der Waals surface area contributed by atoms with Crippen LogP contribution in [0.5, 0.6) is 0 Å². The highest BCUT2D eigenvalue weighted by Gasteiger charge is 2.26. The van der Waals surface area contributed by atoms with E-state index in [2.05, 4.69) is 26.1 Å². The summed E-state index contributed by atoms with van der Waals surface area (Å²) < 4.78 is 5.10. The third kappa shape index (κ3) is 3.44. The summed E-state index contributed by atoms with van der Waals surface area (Å²) >= 11 is 0. The highest BCUT2D eigenvalue weighted by molar-refractivity contribution is 5.99. The molecule has 4 nitrogen and oxygen atoms in total. The zero-order chi connectivity index (χ0) is 15.2. The molecule has 20 heavy (non-hydrogen) atoms. The predicted octanol–water partition coefficient (Wildman–Crippen LogP) is 3.83. The van der Waals surface area contributed by atoms with Crippen LogP contribution in [0.15, 0.2) is 18.2 Å². The smallest absolute Gasteiger partial charge is 0.340 e. The van der Waals surface area contributed by atoms with E-state index in [-0.39, 0.29) is 11.5 Å². The van der Waals surface area contributed by atoms with Gasteiger partial charge in [0.15, 0.2) is 0 Å². The van der Waals surface area contributed by atoms with Crippen molar-refractivity contribution in [3.63, 3.8) is 0 Å². The molecule has 0 heterocycles. The zero-order valence-electron chi connectivity index (χ0n) is 13.0. The number of nitrogens with two attached hydrogens (primary N) is 1. The lowest BCUT2D eigenvalue weighted by molar-refractivity contribution is 0.0527. The first-order chi connectivity index (χ1) is 9.53. The van der Waals surface area contributed by atoms with Gasteiger partial charge in [0.1, 0.15) is 0 Å². The van der Waals surface area contributed by atoms with Crippen LogP contribution in [0.4, 0.5) is 11.4 Å². The molecule has 0 radical (unpaired) electrons. The Morgan fingerprint density at radius 1 is 1.20 bits per heavy atom. The summed E-state index contributed by atoms with van der Waals surface area (Å²) in [5, 5.41) is 3.49. The van der Waals surface area contributed by atoms with Crippen LogP contribution in [0.1, 0.15) is 57.3 Å². The first-order valence-corrected chi connectivity index (χ1v) is 7.37. The molecule has 0 saturated carbocycles. The highest BCUT2D eigenvalue weighted by Crippen LogP contribution is 2.32. The van der Waals surface area contributed by atoms with Gasteiger partial charge in [-0.2, -0.15) is 0 Å². The molecule has 0 aliphatic carbocycles. The Kier molecular flexibility index (Phi) is 5.86. The van der Waals surface area contributed by atoms with Crippen LogP contribution in [0, 0.1) is 0 Å². The van der Waals surface area contributed by atoms with Gasteiger partial charge in [-0.15, -0.1) is 0 Å². The molecular weight excluding hydrogens is 252 g/mol. The quantitative estimate of drug-likeness (QED) is 0.587. The van der Waals surface area contributed by atoms with Crippen molar-refractivity contribution in [2.24, 2.45) is 0 Å². The molecule has 4 heteroatoms. The average molecular weight is 278 g/mol. The number of hydrogen-bond acceptors (Lipinski definition) is 4. The number of carbonyl (C=O) groups excluding carboxylic acids is 1. The van der Waals surface area contributed by atoms with Gasteiger partial charge in [-0.05, 0) is 38.3 Å². The van der Waals surface area contributed by atoms with Crippen LogP contribution in [0.25, 0.3) is 0 Å². The summed E-state index contributed by atoms with van der Waals surface area (Å²) in [7, 11) is 0. The number of ether oxygens (including phenoxy) is 1. The molecule has 1 aromatic rings. The fraction of sp³-hybridized carbons (Fsp3) is 0.562. The average Bonchev–Trinajstić information content (AvgIpc) is 2.46. The number of benzene rings is 1. The van der Waals surface area contributed by atoms with Crippen LogP contribution < -0.4 is 11.1 Å². The Balaban J connectivity index is 3.19. The predicted molar refractivity (Wildman–Crippen MR) is 84.0 cm³/mol. The van der Waals surface area contributed by atoms with Crippen LogP contribution in [0.3, 0.4) is 0 Å². The van der Waals surface area contributed by atoms with E-state index in [0.29, 0.717) is 23.5 Å². The summed E-state index contributed by atoms with van der Waals surface area (Å²) in [5.74, 6) is -0.334. The van der Waals surface area contributed by atoms with Gasteiger partial charge in [-0.1, -0.05) is 26.8 Å². The maximum absolute atomic E-state index is 12.1. The standard InChI is InChI=1S/C16H26N2O2/c1-5-16(6-2,7-3)18-14-12(15(19)20-8-4)10-9-11-13(14)17/h9-11,18H,5-8,17H2,1-4H3. The minimum atomic E-state index is -0.334. The number of rotatable bonds is 7. The first kappa shape index (κ1) is 16.3. The third-order valence-corrected chi connectivity index (χ3v) is 4.01. The number of nitrogen functional groups attached to an aromatic ring is 1. The van der Waals surface area contributed by atoms with E-state index in [9.17, 15) is 4.79 Å². The summed E-state index contributed by atoms with van der Waals surface area (Å²) in [6.45, 7) is 8.58. The topological polar surface area (TPSA) is 64.3 Å². The van der Waals surface area contributed by atoms with Gasteiger partial charge in [0, 0.05) is 5.54 Å². The molecule has 0 fully saturated rings. The highest BCUT2D eigenvalue weighted by atomic mass is 16.5. The van der Waals surface area contributed by atoms with Crippen molar-refractivity contribution in [1.29, 1.82) is 0 Å². The maximum atomic E-state index is 12.1. The molecule has 0 unspecified atom stereocenters. The monoisotopic (exact) mass is 278 g/mol. The first-order valence-electron chi connectivity index (χ1n) is 7.37. The minimum Gasteiger partial charge on any atom is -0.462 e. The summed E-state index contributed by atoms with van der Waals surface area (Å²) in [5.41, 5.74) is 7.79. The largest absolute Gasteiger partial charge is 0.462 e. The summed E-state index contributed by atoms with van der Waals surface area (Å²) in [6, 6.07) is 5.33. The summed E-state index contributed by atoms with van der Waals surface area (Å²) in [6.07, 6.45) is 2.91. The number of nitrogens with one attached hydrogen (secondary N) is 1. The molecular formula is C16H26N2O2. The Labute approximate surface area is 121 Å². The van der Waals surface area contributed by atoms with Crippen molar-refractivity contribution >= 4 is 17.3 Å². The second kappa shape index (κ2) is 7.17. The molecule has 0 saturated heterocycles. The molecule has 0 spiro atoms. The van der Waals surface area contributed by atoms with Crippen molar-refractivity contribution in [3.8, 4) is 0 Å². The molecule has 0 atom stereocenters. The van der Waals surface area contributed by atoms with Gasteiger partial charge < -0.3 is 15.8 Å². The van der Waals surface area contributed by atoms with Crippen LogP contribution in [-0.4, -0.2) is 18.1 Å². The van der Waals surface area contributed by atoms with Crippen LogP contribution >= 0.6 is 0 Å². The molecule has 112 valence electrons.